The van der Waals surface area contributed by atoms with Crippen molar-refractivity contribution in [3.63, 3.8) is 0 Å². The van der Waals surface area contributed by atoms with Crippen molar-refractivity contribution < 1.29 is 14.3 Å². The molecule has 9 nitrogen and oxygen atoms in total. The smallest absolute Gasteiger partial charge is 0.276 e. The Morgan fingerprint density at radius 3 is 2.41 bits per heavy atom. The van der Waals surface area contributed by atoms with Gasteiger partial charge < -0.3 is 15.0 Å². The Kier molecular flexibility index (Phi) is 6.67. The Morgan fingerprint density at radius 2 is 1.81 bits per heavy atom. The van der Waals surface area contributed by atoms with Crippen LogP contribution in [-0.4, -0.2) is 50.4 Å². The zero-order valence-electron chi connectivity index (χ0n) is 19.4. The molecule has 9 heteroatoms. The highest BCUT2D eigenvalue weighted by molar-refractivity contribution is 6.07. The molecule has 2 amide bonds. The minimum absolute atomic E-state index is 0.0768. The van der Waals surface area contributed by atoms with E-state index >= 15 is 0 Å². The van der Waals surface area contributed by atoms with Crippen molar-refractivity contribution in [2.75, 3.05) is 19.4 Å². The zero-order valence-corrected chi connectivity index (χ0v) is 19.4. The predicted octanol–water partition coefficient (Wildman–Crippen LogP) is 3.39. The van der Waals surface area contributed by atoms with E-state index in [1.54, 1.807) is 31.0 Å². The molecule has 3 aromatic rings. The van der Waals surface area contributed by atoms with Crippen LogP contribution in [-0.2, 0) is 18.7 Å². The minimum atomic E-state index is -0.429. The second-order valence-electron chi connectivity index (χ2n) is 8.66. The van der Waals surface area contributed by atoms with Crippen molar-refractivity contribution in [1.29, 1.82) is 0 Å². The summed E-state index contributed by atoms with van der Waals surface area (Å²) in [5.74, 6) is 0.0520. The Morgan fingerprint density at radius 1 is 1.12 bits per heavy atom. The normalized spacial score (nSPS) is 11.3. The second kappa shape index (κ2) is 9.25. The van der Waals surface area contributed by atoms with Gasteiger partial charge in [-0.05, 0) is 36.1 Å². The van der Waals surface area contributed by atoms with Gasteiger partial charge in [-0.25, -0.2) is 4.68 Å². The first-order valence-electron chi connectivity index (χ1n) is 10.5. The fourth-order valence-corrected chi connectivity index (χ4v) is 3.09. The molecular weight excluding hydrogens is 408 g/mol. The van der Waals surface area contributed by atoms with Crippen molar-refractivity contribution in [1.82, 2.24) is 24.5 Å². The number of carbonyl (C=O) groups is 2. The molecule has 0 unspecified atom stereocenters. The van der Waals surface area contributed by atoms with Gasteiger partial charge in [0.2, 0.25) is 0 Å². The molecule has 170 valence electrons. The first-order chi connectivity index (χ1) is 15.1. The van der Waals surface area contributed by atoms with Gasteiger partial charge in [0.1, 0.15) is 11.4 Å². The quantitative estimate of drug-likeness (QED) is 0.610. The summed E-state index contributed by atoms with van der Waals surface area (Å²) in [7, 11) is 3.30. The van der Waals surface area contributed by atoms with Gasteiger partial charge in [0, 0.05) is 26.8 Å². The standard InChI is InChI=1S/C23H30N6O3/c1-7-29-20(22(31)27(5)6)19(14-24-29)25-21(30)18-12-13-28(26-18)15-32-17-10-8-16(9-11-17)23(2,3)4/h8-14H,7,15H2,1-6H3,(H,25,30). The maximum absolute atomic E-state index is 12.7. The van der Waals surface area contributed by atoms with Crippen LogP contribution in [0.5, 0.6) is 5.75 Å². The molecule has 1 N–H and O–H groups in total. The molecular formula is C23H30N6O3. The first-order valence-corrected chi connectivity index (χ1v) is 10.5. The van der Waals surface area contributed by atoms with Crippen LogP contribution < -0.4 is 10.1 Å². The number of nitrogens with one attached hydrogen (secondary N) is 1. The molecule has 0 saturated heterocycles. The predicted molar refractivity (Wildman–Crippen MR) is 122 cm³/mol. The van der Waals surface area contributed by atoms with Gasteiger partial charge in [-0.1, -0.05) is 32.9 Å². The van der Waals surface area contributed by atoms with E-state index in [0.29, 0.717) is 17.9 Å². The molecule has 0 atom stereocenters. The molecule has 32 heavy (non-hydrogen) atoms. The third-order valence-electron chi connectivity index (χ3n) is 4.95. The fourth-order valence-electron chi connectivity index (χ4n) is 3.09. The van der Waals surface area contributed by atoms with Crippen molar-refractivity contribution in [2.45, 2.75) is 46.4 Å². The number of amides is 2. The molecule has 0 aliphatic heterocycles. The Labute approximate surface area is 188 Å². The number of nitrogens with zero attached hydrogens (tertiary/aromatic N) is 5. The number of aryl methyl sites for hydroxylation is 1. The third-order valence-corrected chi connectivity index (χ3v) is 4.95. The number of benzene rings is 1. The van der Waals surface area contributed by atoms with Crippen LogP contribution in [0, 0.1) is 0 Å². The lowest BCUT2D eigenvalue weighted by molar-refractivity contribution is 0.0816. The molecule has 0 spiro atoms. The number of ether oxygens (including phenoxy) is 1. The summed E-state index contributed by atoms with van der Waals surface area (Å²) in [6, 6.07) is 9.53. The van der Waals surface area contributed by atoms with Gasteiger partial charge in [0.05, 0.1) is 11.9 Å². The summed E-state index contributed by atoms with van der Waals surface area (Å²) in [5.41, 5.74) is 2.19. The van der Waals surface area contributed by atoms with Gasteiger partial charge in [0.25, 0.3) is 11.8 Å². The van der Waals surface area contributed by atoms with Crippen molar-refractivity contribution in [2.24, 2.45) is 0 Å². The van der Waals surface area contributed by atoms with Gasteiger partial charge in [-0.3, -0.25) is 14.3 Å². The highest BCUT2D eigenvalue weighted by atomic mass is 16.5. The maximum atomic E-state index is 12.7. The van der Waals surface area contributed by atoms with Crippen LogP contribution in [0.4, 0.5) is 5.69 Å². The van der Waals surface area contributed by atoms with E-state index in [0.717, 1.165) is 5.75 Å². The van der Waals surface area contributed by atoms with E-state index in [2.05, 4.69) is 36.3 Å². The van der Waals surface area contributed by atoms with Crippen molar-refractivity contribution in [3.05, 3.63) is 59.7 Å². The number of hydrogen-bond donors (Lipinski definition) is 1. The van der Waals surface area contributed by atoms with Crippen LogP contribution in [0.15, 0.2) is 42.7 Å². The Bertz CT molecular complexity index is 1090. The lowest BCUT2D eigenvalue weighted by Gasteiger charge is -2.19. The van der Waals surface area contributed by atoms with Crippen LogP contribution in [0.2, 0.25) is 0 Å². The van der Waals surface area contributed by atoms with E-state index in [1.165, 1.54) is 21.3 Å². The van der Waals surface area contributed by atoms with E-state index in [1.807, 2.05) is 31.2 Å². The fraction of sp³-hybridized carbons (Fsp3) is 0.391. The van der Waals surface area contributed by atoms with Crippen LogP contribution in [0.3, 0.4) is 0 Å². The maximum Gasteiger partial charge on any atom is 0.276 e. The first kappa shape index (κ1) is 23.1. The van der Waals surface area contributed by atoms with Crippen molar-refractivity contribution in [3.8, 4) is 5.75 Å². The molecule has 3 rings (SSSR count). The SMILES string of the molecule is CCn1ncc(NC(=O)c2ccn(COc3ccc(C(C)(C)C)cc3)n2)c1C(=O)N(C)C. The van der Waals surface area contributed by atoms with E-state index in [9.17, 15) is 9.59 Å². The summed E-state index contributed by atoms with van der Waals surface area (Å²) >= 11 is 0. The minimum Gasteiger partial charge on any atom is -0.471 e. The van der Waals surface area contributed by atoms with Crippen LogP contribution in [0.1, 0.15) is 54.2 Å². The Hall–Kier alpha value is -3.62. The van der Waals surface area contributed by atoms with Gasteiger partial charge >= 0.3 is 0 Å². The lowest BCUT2D eigenvalue weighted by Crippen LogP contribution is -2.26. The average molecular weight is 439 g/mol. The average Bonchev–Trinajstić information content (AvgIpc) is 3.38. The van der Waals surface area contributed by atoms with E-state index < -0.39 is 5.91 Å². The number of aromatic nitrogens is 4. The number of carbonyl (C=O) groups excluding carboxylic acids is 2. The van der Waals surface area contributed by atoms with E-state index in [-0.39, 0.29) is 23.7 Å². The Balaban J connectivity index is 1.65. The van der Waals surface area contributed by atoms with Gasteiger partial charge in [-0.2, -0.15) is 10.2 Å². The molecule has 0 aliphatic rings. The molecule has 0 saturated carbocycles. The molecule has 0 fully saturated rings. The molecule has 2 aromatic heterocycles. The monoisotopic (exact) mass is 438 g/mol. The summed E-state index contributed by atoms with van der Waals surface area (Å²) in [6.07, 6.45) is 3.14. The summed E-state index contributed by atoms with van der Waals surface area (Å²) in [6.45, 7) is 9.03. The van der Waals surface area contributed by atoms with Gasteiger partial charge in [-0.15, -0.1) is 0 Å². The summed E-state index contributed by atoms with van der Waals surface area (Å²) < 4.78 is 8.86. The molecule has 0 bridgehead atoms. The molecule has 1 aromatic carbocycles. The zero-order chi connectivity index (χ0) is 23.5. The molecule has 2 heterocycles. The summed E-state index contributed by atoms with van der Waals surface area (Å²) in [5, 5.41) is 11.2. The highest BCUT2D eigenvalue weighted by Crippen LogP contribution is 2.24. The van der Waals surface area contributed by atoms with Crippen molar-refractivity contribution >= 4 is 17.5 Å². The summed E-state index contributed by atoms with van der Waals surface area (Å²) in [4.78, 5) is 26.6. The second-order valence-corrected chi connectivity index (χ2v) is 8.66. The molecule has 0 radical (unpaired) electrons. The highest BCUT2D eigenvalue weighted by Gasteiger charge is 2.22. The van der Waals surface area contributed by atoms with Crippen LogP contribution in [0.25, 0.3) is 0 Å². The van der Waals surface area contributed by atoms with Crippen LogP contribution >= 0.6 is 0 Å². The largest absolute Gasteiger partial charge is 0.471 e. The number of rotatable bonds is 7. The van der Waals surface area contributed by atoms with E-state index in [4.69, 9.17) is 4.74 Å². The number of anilines is 1. The lowest BCUT2D eigenvalue weighted by atomic mass is 9.87. The number of hydrogen-bond acceptors (Lipinski definition) is 5. The third kappa shape index (κ3) is 5.16. The van der Waals surface area contributed by atoms with Gasteiger partial charge in [0.15, 0.2) is 12.4 Å². The topological polar surface area (TPSA) is 94.3 Å². The molecule has 0 aliphatic carbocycles.